The molecule has 0 saturated carbocycles. The maximum atomic E-state index is 14.1. The van der Waals surface area contributed by atoms with E-state index in [1.54, 1.807) is 26.0 Å². The number of allylic oxidation sites excluding steroid dienone is 2. The Kier molecular flexibility index (Phi) is 9.37. The first-order valence-corrected chi connectivity index (χ1v) is 13.9. The van der Waals surface area contributed by atoms with Crippen molar-refractivity contribution in [3.05, 3.63) is 88.0 Å². The number of carbonyl (C=O) groups is 2. The predicted octanol–water partition coefficient (Wildman–Crippen LogP) is 6.83. The van der Waals surface area contributed by atoms with Crippen molar-refractivity contribution in [2.24, 2.45) is 5.41 Å². The zero-order valence-corrected chi connectivity index (χ0v) is 23.6. The quantitative estimate of drug-likeness (QED) is 0.210. The Bertz CT molecular complexity index is 1330. The number of aliphatic hydroxyl groups excluding tert-OH is 1. The van der Waals surface area contributed by atoms with Gasteiger partial charge in [0.15, 0.2) is 5.78 Å². The van der Waals surface area contributed by atoms with E-state index in [0.29, 0.717) is 49.0 Å². The van der Waals surface area contributed by atoms with Crippen LogP contribution >= 0.6 is 0 Å². The molecule has 40 heavy (non-hydrogen) atoms. The number of aliphatic hydroxyl groups is 1. The summed E-state index contributed by atoms with van der Waals surface area (Å²) < 4.78 is 39.4. The van der Waals surface area contributed by atoms with Crippen LogP contribution in [0.1, 0.15) is 79.4 Å². The fourth-order valence-electron chi connectivity index (χ4n) is 5.62. The van der Waals surface area contributed by atoms with Gasteiger partial charge >= 0.3 is 5.97 Å². The Balaban J connectivity index is 1.49. The van der Waals surface area contributed by atoms with Crippen molar-refractivity contribution in [2.75, 3.05) is 6.61 Å². The highest BCUT2D eigenvalue weighted by Gasteiger charge is 2.35. The van der Waals surface area contributed by atoms with Crippen molar-refractivity contribution in [3.8, 4) is 0 Å². The van der Waals surface area contributed by atoms with Crippen LogP contribution in [0.3, 0.4) is 0 Å². The molecule has 0 bridgehead atoms. The van der Waals surface area contributed by atoms with Crippen molar-refractivity contribution in [2.45, 2.75) is 84.5 Å². The van der Waals surface area contributed by atoms with Crippen molar-refractivity contribution >= 4 is 17.3 Å². The summed E-state index contributed by atoms with van der Waals surface area (Å²) in [5.41, 5.74) is 4.18. The number of ketones is 1. The summed E-state index contributed by atoms with van der Waals surface area (Å²) in [7, 11) is 0. The Labute approximate surface area is 234 Å². The third-order valence-corrected chi connectivity index (χ3v) is 7.78. The molecule has 7 heteroatoms. The van der Waals surface area contributed by atoms with Gasteiger partial charge in [0.25, 0.3) is 0 Å². The number of benzene rings is 2. The summed E-state index contributed by atoms with van der Waals surface area (Å²) >= 11 is 0. The van der Waals surface area contributed by atoms with Gasteiger partial charge < -0.3 is 14.6 Å². The number of Topliss-reactive ketones (excluding diaryl/α,β-unsaturated/α-hetero) is 1. The topological polar surface area (TPSA) is 72.8 Å². The second-order valence-electron chi connectivity index (χ2n) is 11.6. The molecule has 0 amide bonds. The van der Waals surface area contributed by atoms with Crippen LogP contribution in [0.25, 0.3) is 5.57 Å². The van der Waals surface area contributed by atoms with Gasteiger partial charge in [-0.05, 0) is 103 Å². The van der Waals surface area contributed by atoms with Crippen LogP contribution in [0.4, 0.5) is 8.78 Å². The summed E-state index contributed by atoms with van der Waals surface area (Å²) in [5.74, 6) is -1.06. The number of halogens is 2. The number of hydrogen-bond acceptors (Lipinski definition) is 5. The van der Waals surface area contributed by atoms with E-state index in [-0.39, 0.29) is 35.4 Å². The number of hydrogen-bond donors (Lipinski definition) is 1. The molecule has 0 spiro atoms. The first kappa shape index (κ1) is 29.8. The van der Waals surface area contributed by atoms with Crippen molar-refractivity contribution < 1.29 is 33.0 Å². The fourth-order valence-corrected chi connectivity index (χ4v) is 5.62. The minimum absolute atomic E-state index is 0.00674. The number of ether oxygens (including phenoxy) is 2. The first-order chi connectivity index (χ1) is 18.9. The predicted molar refractivity (Wildman–Crippen MR) is 150 cm³/mol. The van der Waals surface area contributed by atoms with Gasteiger partial charge in [-0.3, -0.25) is 9.59 Å². The number of esters is 1. The molecule has 0 aromatic heterocycles. The molecule has 1 fully saturated rings. The van der Waals surface area contributed by atoms with Gasteiger partial charge in [-0.15, -0.1) is 0 Å². The minimum atomic E-state index is -0.722. The van der Waals surface area contributed by atoms with Gasteiger partial charge in [0.05, 0.1) is 18.6 Å². The van der Waals surface area contributed by atoms with E-state index in [4.69, 9.17) is 9.47 Å². The molecule has 3 atom stereocenters. The zero-order valence-electron chi connectivity index (χ0n) is 23.6. The average molecular weight is 553 g/mol. The largest absolute Gasteiger partial charge is 0.458 e. The molecule has 0 radical (unpaired) electrons. The third kappa shape index (κ3) is 7.32. The smallest absolute Gasteiger partial charge is 0.309 e. The van der Waals surface area contributed by atoms with Crippen LogP contribution in [-0.2, 0) is 14.3 Å². The SMILES string of the molecule is Cc1cc(C(=O)CCCOC2CC(c3ccc(F)c(C)c3)=C(/C=C/[C@H]3C[C@H](O)CC(=O)O3)C(C)(C)C2)ccc1F. The van der Waals surface area contributed by atoms with Crippen molar-refractivity contribution in [1.29, 1.82) is 0 Å². The second-order valence-corrected chi connectivity index (χ2v) is 11.6. The molecular formula is C33H38F2O5. The molecule has 1 N–H and O–H groups in total. The van der Waals surface area contributed by atoms with Gasteiger partial charge in [0.1, 0.15) is 17.7 Å². The molecule has 1 aliphatic carbocycles. The molecule has 2 aromatic carbocycles. The number of carbonyl (C=O) groups excluding carboxylic acids is 2. The Hall–Kier alpha value is -3.16. The number of cyclic esters (lactones) is 1. The molecule has 1 aliphatic heterocycles. The summed E-state index contributed by atoms with van der Waals surface area (Å²) in [6.07, 6.45) is 5.01. The van der Waals surface area contributed by atoms with E-state index in [1.807, 2.05) is 18.2 Å². The number of rotatable bonds is 9. The Morgan fingerprint density at radius 1 is 1.10 bits per heavy atom. The Morgan fingerprint density at radius 2 is 1.80 bits per heavy atom. The highest BCUT2D eigenvalue weighted by atomic mass is 19.1. The lowest BCUT2D eigenvalue weighted by Gasteiger charge is -2.39. The standard InChI is InChI=1S/C33H38F2O5/c1-20-14-22(7-11-29(20)34)27-18-26(39-13-5-6-31(37)23-8-12-30(35)21(2)15-23)19-33(3,4)28(27)10-9-25-16-24(36)17-32(38)40-25/h7-12,14-15,24-26,36H,5-6,13,16-19H2,1-4H3/b10-9+/t24-,25-,26?/m0/s1. The molecule has 1 heterocycles. The van der Waals surface area contributed by atoms with Crippen LogP contribution in [0.15, 0.2) is 54.1 Å². The maximum Gasteiger partial charge on any atom is 0.309 e. The highest BCUT2D eigenvalue weighted by molar-refractivity contribution is 5.96. The zero-order chi connectivity index (χ0) is 29.0. The average Bonchev–Trinajstić information content (AvgIpc) is 2.88. The van der Waals surface area contributed by atoms with Gasteiger partial charge in [-0.25, -0.2) is 8.78 Å². The molecule has 1 unspecified atom stereocenters. The lowest BCUT2D eigenvalue weighted by Crippen LogP contribution is -2.32. The second kappa shape index (κ2) is 12.6. The Morgan fingerprint density at radius 3 is 2.48 bits per heavy atom. The minimum Gasteiger partial charge on any atom is -0.458 e. The summed E-state index contributed by atoms with van der Waals surface area (Å²) in [6, 6.07) is 9.50. The molecule has 5 nitrogen and oxygen atoms in total. The van der Waals surface area contributed by atoms with Crippen LogP contribution in [0.5, 0.6) is 0 Å². The monoisotopic (exact) mass is 552 g/mol. The third-order valence-electron chi connectivity index (χ3n) is 7.78. The highest BCUT2D eigenvalue weighted by Crippen LogP contribution is 2.46. The number of aryl methyl sites for hydroxylation is 2. The van der Waals surface area contributed by atoms with E-state index >= 15 is 0 Å². The van der Waals surface area contributed by atoms with Crippen LogP contribution in [0.2, 0.25) is 0 Å². The van der Waals surface area contributed by atoms with Crippen LogP contribution < -0.4 is 0 Å². The van der Waals surface area contributed by atoms with Crippen molar-refractivity contribution in [1.82, 2.24) is 0 Å². The molecular weight excluding hydrogens is 514 g/mol. The molecule has 2 aliphatic rings. The van der Waals surface area contributed by atoms with Gasteiger partial charge in [0, 0.05) is 25.0 Å². The van der Waals surface area contributed by atoms with E-state index in [2.05, 4.69) is 13.8 Å². The van der Waals surface area contributed by atoms with E-state index in [1.165, 1.54) is 18.2 Å². The van der Waals surface area contributed by atoms with E-state index in [9.17, 15) is 23.5 Å². The first-order valence-electron chi connectivity index (χ1n) is 13.9. The van der Waals surface area contributed by atoms with Crippen LogP contribution in [0, 0.1) is 30.9 Å². The van der Waals surface area contributed by atoms with Crippen molar-refractivity contribution in [3.63, 3.8) is 0 Å². The van der Waals surface area contributed by atoms with Gasteiger partial charge in [-0.2, -0.15) is 0 Å². The van der Waals surface area contributed by atoms with E-state index < -0.39 is 18.2 Å². The molecule has 2 aromatic rings. The summed E-state index contributed by atoms with van der Waals surface area (Å²) in [6.45, 7) is 8.03. The maximum absolute atomic E-state index is 14.1. The normalized spacial score (nSPS) is 23.0. The lowest BCUT2D eigenvalue weighted by molar-refractivity contribution is -0.156. The van der Waals surface area contributed by atoms with Gasteiger partial charge in [-0.1, -0.05) is 26.0 Å². The summed E-state index contributed by atoms with van der Waals surface area (Å²) in [5, 5.41) is 10.0. The van der Waals surface area contributed by atoms with E-state index in [0.717, 1.165) is 23.1 Å². The fraction of sp³-hybridized carbons (Fsp3) is 0.455. The lowest BCUT2D eigenvalue weighted by atomic mass is 9.69. The van der Waals surface area contributed by atoms with Gasteiger partial charge in [0.2, 0.25) is 0 Å². The molecule has 214 valence electrons. The van der Waals surface area contributed by atoms with Crippen LogP contribution in [-0.4, -0.2) is 41.8 Å². The summed E-state index contributed by atoms with van der Waals surface area (Å²) in [4.78, 5) is 24.4. The molecule has 1 saturated heterocycles. The molecule has 4 rings (SSSR count).